The van der Waals surface area contributed by atoms with Crippen molar-refractivity contribution >= 4 is 5.78 Å². The highest BCUT2D eigenvalue weighted by Crippen LogP contribution is 2.30. The Hall–Kier alpha value is -3.40. The second-order valence-electron chi connectivity index (χ2n) is 7.21. The number of carbonyl (C=O) groups excluding carboxylic acids is 1. The molecule has 3 nitrogen and oxygen atoms in total. The zero-order valence-electron chi connectivity index (χ0n) is 16.0. The summed E-state index contributed by atoms with van der Waals surface area (Å²) in [5.41, 5.74) is 3.27. The minimum atomic E-state index is -0.288. The van der Waals surface area contributed by atoms with Crippen LogP contribution in [0.15, 0.2) is 90.6 Å². The van der Waals surface area contributed by atoms with Gasteiger partial charge in [0.15, 0.2) is 5.78 Å². The zero-order chi connectivity index (χ0) is 20.1. The molecular weight excluding hydrogens is 365 g/mol. The van der Waals surface area contributed by atoms with Gasteiger partial charge in [0.25, 0.3) is 0 Å². The van der Waals surface area contributed by atoms with Gasteiger partial charge >= 0.3 is 0 Å². The van der Waals surface area contributed by atoms with E-state index in [0.29, 0.717) is 24.5 Å². The average Bonchev–Trinajstić information content (AvgIpc) is 2.75. The number of nitrogens with one attached hydrogen (secondary N) is 1. The van der Waals surface area contributed by atoms with E-state index < -0.39 is 0 Å². The lowest BCUT2D eigenvalue weighted by Gasteiger charge is -2.23. The number of rotatable bonds is 6. The Labute approximate surface area is 169 Å². The summed E-state index contributed by atoms with van der Waals surface area (Å²) < 4.78 is 18.7. The second-order valence-corrected chi connectivity index (χ2v) is 7.21. The number of carbonyl (C=O) groups is 1. The standard InChI is InChI=1S/C25H22FNO2/c26-21-8-12-25(13-9-21)29-24-10-6-18(7-11-24)17-27-22-14-20(15-23(28)16-22)19-4-2-1-3-5-19/h1-13,16,20,27H,14-15,17H2. The minimum absolute atomic E-state index is 0.163. The Morgan fingerprint density at radius 1 is 0.862 bits per heavy atom. The van der Waals surface area contributed by atoms with Crippen LogP contribution >= 0.6 is 0 Å². The molecule has 0 aromatic heterocycles. The normalized spacial score (nSPS) is 16.2. The van der Waals surface area contributed by atoms with E-state index >= 15 is 0 Å². The van der Waals surface area contributed by atoms with E-state index in [-0.39, 0.29) is 17.5 Å². The fraction of sp³-hybridized carbons (Fsp3) is 0.160. The van der Waals surface area contributed by atoms with Gasteiger partial charge in [0.2, 0.25) is 0 Å². The van der Waals surface area contributed by atoms with Crippen LogP contribution in [-0.4, -0.2) is 5.78 Å². The number of halogens is 1. The van der Waals surface area contributed by atoms with Gasteiger partial charge in [0.1, 0.15) is 17.3 Å². The molecule has 3 aromatic carbocycles. The van der Waals surface area contributed by atoms with Crippen molar-refractivity contribution < 1.29 is 13.9 Å². The molecule has 0 bridgehead atoms. The molecule has 0 saturated carbocycles. The SMILES string of the molecule is O=C1C=C(NCc2ccc(Oc3ccc(F)cc3)cc2)CC(c2ccccc2)C1. The number of benzene rings is 3. The first kappa shape index (κ1) is 18.9. The van der Waals surface area contributed by atoms with Crippen LogP contribution in [0.1, 0.15) is 29.9 Å². The highest BCUT2D eigenvalue weighted by molar-refractivity contribution is 5.91. The maximum atomic E-state index is 13.0. The zero-order valence-corrected chi connectivity index (χ0v) is 16.0. The molecule has 1 aliphatic carbocycles. The van der Waals surface area contributed by atoms with Crippen molar-refractivity contribution in [1.82, 2.24) is 5.32 Å². The molecule has 1 atom stereocenters. The van der Waals surface area contributed by atoms with Crippen molar-refractivity contribution in [2.45, 2.75) is 25.3 Å². The van der Waals surface area contributed by atoms with Crippen LogP contribution in [0.5, 0.6) is 11.5 Å². The van der Waals surface area contributed by atoms with Gasteiger partial charge in [-0.2, -0.15) is 0 Å². The molecular formula is C25H22FNO2. The number of allylic oxidation sites excluding steroid dienone is 2. The van der Waals surface area contributed by atoms with Crippen LogP contribution in [0.2, 0.25) is 0 Å². The van der Waals surface area contributed by atoms with E-state index in [1.165, 1.54) is 17.7 Å². The molecule has 0 amide bonds. The summed E-state index contributed by atoms with van der Waals surface area (Å²) in [6, 6.07) is 23.8. The Bertz CT molecular complexity index is 995. The summed E-state index contributed by atoms with van der Waals surface area (Å²) >= 11 is 0. The summed E-state index contributed by atoms with van der Waals surface area (Å²) in [6.07, 6.45) is 3.12. The molecule has 0 spiro atoms. The van der Waals surface area contributed by atoms with Crippen molar-refractivity contribution in [3.05, 3.63) is 108 Å². The third-order valence-corrected chi connectivity index (χ3v) is 5.01. The van der Waals surface area contributed by atoms with Crippen LogP contribution in [0.25, 0.3) is 0 Å². The van der Waals surface area contributed by atoms with Gasteiger partial charge in [-0.25, -0.2) is 4.39 Å². The Kier molecular flexibility index (Phi) is 5.71. The first-order chi connectivity index (χ1) is 14.2. The Morgan fingerprint density at radius 3 is 2.21 bits per heavy atom. The molecule has 0 saturated heterocycles. The third kappa shape index (κ3) is 5.11. The lowest BCUT2D eigenvalue weighted by Crippen LogP contribution is -2.21. The molecule has 1 aliphatic rings. The quantitative estimate of drug-likeness (QED) is 0.586. The van der Waals surface area contributed by atoms with Crippen LogP contribution in [0.4, 0.5) is 4.39 Å². The molecule has 4 heteroatoms. The second kappa shape index (κ2) is 8.74. The van der Waals surface area contributed by atoms with Crippen molar-refractivity contribution in [2.24, 2.45) is 0 Å². The Morgan fingerprint density at radius 2 is 1.52 bits per heavy atom. The summed E-state index contributed by atoms with van der Waals surface area (Å²) in [6.45, 7) is 0.636. The van der Waals surface area contributed by atoms with Crippen LogP contribution in [0, 0.1) is 5.82 Å². The number of hydrogen-bond donors (Lipinski definition) is 1. The van der Waals surface area contributed by atoms with Crippen molar-refractivity contribution in [3.63, 3.8) is 0 Å². The monoisotopic (exact) mass is 387 g/mol. The van der Waals surface area contributed by atoms with Gasteiger partial charge in [0.05, 0.1) is 0 Å². The molecule has 1 unspecified atom stereocenters. The highest BCUT2D eigenvalue weighted by atomic mass is 19.1. The van der Waals surface area contributed by atoms with Gasteiger partial charge in [-0.15, -0.1) is 0 Å². The maximum absolute atomic E-state index is 13.0. The van der Waals surface area contributed by atoms with Gasteiger partial charge in [-0.05, 0) is 59.9 Å². The van der Waals surface area contributed by atoms with Crippen LogP contribution in [0.3, 0.4) is 0 Å². The number of hydrogen-bond acceptors (Lipinski definition) is 3. The van der Waals surface area contributed by atoms with Crippen molar-refractivity contribution in [1.29, 1.82) is 0 Å². The highest BCUT2D eigenvalue weighted by Gasteiger charge is 2.21. The van der Waals surface area contributed by atoms with E-state index in [4.69, 9.17) is 4.74 Å². The molecule has 4 rings (SSSR count). The molecule has 0 heterocycles. The van der Waals surface area contributed by atoms with Crippen LogP contribution < -0.4 is 10.1 Å². The maximum Gasteiger partial charge on any atom is 0.158 e. The van der Waals surface area contributed by atoms with Gasteiger partial charge in [-0.1, -0.05) is 42.5 Å². The number of ketones is 1. The topological polar surface area (TPSA) is 38.3 Å². The third-order valence-electron chi connectivity index (χ3n) is 5.01. The van der Waals surface area contributed by atoms with E-state index in [0.717, 1.165) is 17.7 Å². The first-order valence-electron chi connectivity index (χ1n) is 9.70. The Balaban J connectivity index is 1.35. The van der Waals surface area contributed by atoms with Crippen LogP contribution in [-0.2, 0) is 11.3 Å². The number of ether oxygens (including phenoxy) is 1. The smallest absolute Gasteiger partial charge is 0.158 e. The molecule has 0 fully saturated rings. The fourth-order valence-corrected chi connectivity index (χ4v) is 3.51. The van der Waals surface area contributed by atoms with E-state index in [1.807, 2.05) is 42.5 Å². The minimum Gasteiger partial charge on any atom is -0.457 e. The molecule has 3 aromatic rings. The van der Waals surface area contributed by atoms with Crippen molar-refractivity contribution in [2.75, 3.05) is 0 Å². The molecule has 146 valence electrons. The van der Waals surface area contributed by atoms with E-state index in [2.05, 4.69) is 17.4 Å². The first-order valence-corrected chi connectivity index (χ1v) is 9.70. The van der Waals surface area contributed by atoms with Gasteiger partial charge in [-0.3, -0.25) is 4.79 Å². The van der Waals surface area contributed by atoms with Gasteiger partial charge in [0, 0.05) is 24.7 Å². The lowest BCUT2D eigenvalue weighted by molar-refractivity contribution is -0.115. The summed E-state index contributed by atoms with van der Waals surface area (Å²) in [7, 11) is 0. The predicted octanol–water partition coefficient (Wildman–Crippen LogP) is 5.74. The summed E-state index contributed by atoms with van der Waals surface area (Å²) in [5, 5.41) is 3.40. The fourth-order valence-electron chi connectivity index (χ4n) is 3.51. The predicted molar refractivity (Wildman–Crippen MR) is 111 cm³/mol. The van der Waals surface area contributed by atoms with Gasteiger partial charge < -0.3 is 10.1 Å². The lowest BCUT2D eigenvalue weighted by atomic mass is 9.85. The van der Waals surface area contributed by atoms with Crippen molar-refractivity contribution in [3.8, 4) is 11.5 Å². The molecule has 0 radical (unpaired) electrons. The largest absolute Gasteiger partial charge is 0.457 e. The molecule has 0 aliphatic heterocycles. The average molecular weight is 387 g/mol. The summed E-state index contributed by atoms with van der Waals surface area (Å²) in [5.74, 6) is 1.38. The van der Waals surface area contributed by atoms with E-state index in [9.17, 15) is 9.18 Å². The molecule has 29 heavy (non-hydrogen) atoms. The summed E-state index contributed by atoms with van der Waals surface area (Å²) in [4.78, 5) is 12.2. The molecule has 1 N–H and O–H groups in total. The van der Waals surface area contributed by atoms with E-state index in [1.54, 1.807) is 18.2 Å².